The highest BCUT2D eigenvalue weighted by Crippen LogP contribution is 2.54. The minimum Gasteiger partial charge on any atom is -0.508 e. The van der Waals surface area contributed by atoms with Gasteiger partial charge in [-0.3, -0.25) is 19.3 Å². The van der Waals surface area contributed by atoms with Crippen LogP contribution in [0.2, 0.25) is 0 Å². The summed E-state index contributed by atoms with van der Waals surface area (Å²) in [4.78, 5) is 40.4. The number of phenols is 1. The Hall–Kier alpha value is -4.19. The number of aliphatic hydroxyl groups excluding tert-OH is 3. The fourth-order valence-electron chi connectivity index (χ4n) is 6.02. The normalized spacial score (nSPS) is 28.3. The molecule has 7 N–H and O–H groups in total. The second kappa shape index (κ2) is 8.94. The van der Waals surface area contributed by atoms with Gasteiger partial charge >= 0.3 is 0 Å². The van der Waals surface area contributed by atoms with Gasteiger partial charge in [0.05, 0.1) is 30.7 Å². The zero-order valence-electron chi connectivity index (χ0n) is 21.2. The van der Waals surface area contributed by atoms with Crippen molar-refractivity contribution in [2.75, 3.05) is 21.2 Å². The molecule has 11 heteroatoms. The number of ether oxygens (including phenoxy) is 1. The quantitative estimate of drug-likeness (QED) is 0.303. The minimum absolute atomic E-state index is 0.119. The van der Waals surface area contributed by atoms with Crippen LogP contribution in [-0.2, 0) is 14.4 Å². The lowest BCUT2D eigenvalue weighted by Gasteiger charge is -2.52. The Morgan fingerprint density at radius 3 is 2.26 bits per heavy atom. The van der Waals surface area contributed by atoms with E-state index in [2.05, 4.69) is 0 Å². The Labute approximate surface area is 223 Å². The average molecular weight is 536 g/mol. The number of likely N-dealkylation sites (N-methyl/N-ethyl adjacent to an activating group) is 1. The molecule has 1 fully saturated rings. The van der Waals surface area contributed by atoms with Crippen molar-refractivity contribution in [2.45, 2.75) is 17.7 Å². The van der Waals surface area contributed by atoms with E-state index in [9.17, 15) is 39.9 Å². The first-order valence-corrected chi connectivity index (χ1v) is 12.0. The minimum atomic E-state index is -2.96. The van der Waals surface area contributed by atoms with Crippen molar-refractivity contribution < 1.29 is 44.7 Å². The van der Waals surface area contributed by atoms with Crippen LogP contribution in [0.15, 0.2) is 53.3 Å². The highest BCUT2D eigenvalue weighted by molar-refractivity contribution is 6.24. The van der Waals surface area contributed by atoms with Crippen molar-refractivity contribution >= 4 is 23.2 Å². The van der Waals surface area contributed by atoms with Crippen LogP contribution < -0.4 is 10.5 Å². The number of carbonyl (C=O) groups excluding carboxylic acids is 3. The van der Waals surface area contributed by atoms with Crippen LogP contribution in [0.4, 0.5) is 0 Å². The van der Waals surface area contributed by atoms with Crippen LogP contribution in [0.5, 0.6) is 11.5 Å². The molecular formula is C28H27N2O9. The molecule has 5 atom stereocenters. The molecule has 0 unspecified atom stereocenters. The van der Waals surface area contributed by atoms with E-state index in [4.69, 9.17) is 10.5 Å². The largest absolute Gasteiger partial charge is 0.508 e. The van der Waals surface area contributed by atoms with E-state index >= 15 is 0 Å². The molecule has 0 saturated heterocycles. The summed E-state index contributed by atoms with van der Waals surface area (Å²) in [6.07, 6.45) is -0.222. The monoisotopic (exact) mass is 535 g/mol. The number of methoxy groups -OCH3 is 1. The average Bonchev–Trinajstić information content (AvgIpc) is 2.88. The number of aliphatic hydroxyl groups is 4. The fourth-order valence-corrected chi connectivity index (χ4v) is 6.02. The molecule has 1 amide bonds. The summed E-state index contributed by atoms with van der Waals surface area (Å²) in [5, 5.41) is 56.6. The predicted molar refractivity (Wildman–Crippen MR) is 137 cm³/mol. The van der Waals surface area contributed by atoms with Gasteiger partial charge in [0.15, 0.2) is 11.4 Å². The van der Waals surface area contributed by atoms with E-state index in [1.165, 1.54) is 32.5 Å². The molecule has 0 heterocycles. The van der Waals surface area contributed by atoms with Gasteiger partial charge in [-0.1, -0.05) is 24.3 Å². The summed E-state index contributed by atoms with van der Waals surface area (Å²) in [5.41, 5.74) is 1.99. The maximum Gasteiger partial charge on any atom is 0.255 e. The second-order valence-electron chi connectivity index (χ2n) is 10.1. The standard InChI is InChI=1S/C28H27N2O9/c1-30(2)20-19-22(32)15-10-12-6-9-14(11-4-7-13(39-3)8-5-11)21(31)16(12)23(33)17(15)25(35)28(19,38)26(36)18(24(20)34)27(29)37/h4-10,15,19-20,22,31-33,36,38H,1-3H3,(H2,29,37)/t15-,19-,20+,22+,28+/m0/s1. The number of carbonyl (C=O) groups is 3. The van der Waals surface area contributed by atoms with Crippen molar-refractivity contribution in [3.8, 4) is 22.6 Å². The van der Waals surface area contributed by atoms with E-state index in [0.717, 1.165) is 0 Å². The van der Waals surface area contributed by atoms with Crippen LogP contribution in [-0.4, -0.2) is 86.9 Å². The lowest BCUT2D eigenvalue weighted by Crippen LogP contribution is -2.70. The number of hydrogen-bond donors (Lipinski definition) is 6. The molecule has 0 spiro atoms. The molecule has 1 radical (unpaired) electrons. The number of rotatable bonds is 4. The third-order valence-corrected chi connectivity index (χ3v) is 7.86. The number of Topliss-reactive ketones (excluding diaryl/α,β-unsaturated/α-hetero) is 2. The number of ketones is 2. The van der Waals surface area contributed by atoms with Gasteiger partial charge < -0.3 is 36.0 Å². The molecule has 5 rings (SSSR count). The Morgan fingerprint density at radius 2 is 1.69 bits per heavy atom. The summed E-state index contributed by atoms with van der Waals surface area (Å²) >= 11 is 0. The lowest BCUT2D eigenvalue weighted by atomic mass is 9.56. The Kier molecular flexibility index (Phi) is 6.06. The molecule has 3 aliphatic rings. The molecule has 2 aromatic carbocycles. The molecule has 2 aromatic rings. The number of benzene rings is 2. The van der Waals surface area contributed by atoms with Gasteiger partial charge in [0.2, 0.25) is 5.78 Å². The number of fused-ring (bicyclic) bond motifs is 3. The lowest BCUT2D eigenvalue weighted by molar-refractivity contribution is -0.167. The van der Waals surface area contributed by atoms with Gasteiger partial charge in [0.25, 0.3) is 5.91 Å². The third-order valence-electron chi connectivity index (χ3n) is 7.86. The molecular weight excluding hydrogens is 508 g/mol. The van der Waals surface area contributed by atoms with Crippen molar-refractivity contribution in [1.82, 2.24) is 4.90 Å². The van der Waals surface area contributed by atoms with Gasteiger partial charge in [-0.15, -0.1) is 0 Å². The first-order chi connectivity index (χ1) is 18.4. The van der Waals surface area contributed by atoms with Crippen LogP contribution >= 0.6 is 0 Å². The zero-order valence-corrected chi connectivity index (χ0v) is 21.2. The Bertz CT molecular complexity index is 1490. The maximum atomic E-state index is 13.9. The first kappa shape index (κ1) is 26.4. The van der Waals surface area contributed by atoms with Crippen LogP contribution in [0.3, 0.4) is 0 Å². The number of phenolic OH excluding ortho intramolecular Hbond substituents is 1. The van der Waals surface area contributed by atoms with E-state index in [1.807, 2.05) is 0 Å². The molecule has 0 bridgehead atoms. The Balaban J connectivity index is 1.72. The van der Waals surface area contributed by atoms with Crippen LogP contribution in [0.25, 0.3) is 16.9 Å². The zero-order chi connectivity index (χ0) is 28.5. The maximum absolute atomic E-state index is 13.9. The van der Waals surface area contributed by atoms with Gasteiger partial charge in [-0.2, -0.15) is 0 Å². The van der Waals surface area contributed by atoms with Gasteiger partial charge in [-0.25, -0.2) is 0 Å². The van der Waals surface area contributed by atoms with E-state index in [0.29, 0.717) is 22.4 Å². The highest BCUT2D eigenvalue weighted by atomic mass is 16.5. The summed E-state index contributed by atoms with van der Waals surface area (Å²) < 4.78 is 5.16. The van der Waals surface area contributed by atoms with Crippen molar-refractivity contribution in [1.29, 1.82) is 0 Å². The number of aromatic hydroxyl groups is 1. The fraction of sp³-hybridized carbons (Fsp3) is 0.286. The molecule has 3 aliphatic carbocycles. The number of amides is 1. The van der Waals surface area contributed by atoms with Crippen molar-refractivity contribution in [3.05, 3.63) is 70.9 Å². The molecule has 39 heavy (non-hydrogen) atoms. The second-order valence-corrected chi connectivity index (χ2v) is 10.1. The molecule has 0 aliphatic heterocycles. The van der Waals surface area contributed by atoms with Crippen LogP contribution in [0.1, 0.15) is 11.1 Å². The summed E-state index contributed by atoms with van der Waals surface area (Å²) in [7, 11) is 4.41. The highest BCUT2D eigenvalue weighted by Gasteiger charge is 2.67. The molecule has 0 aromatic heterocycles. The van der Waals surface area contributed by atoms with Gasteiger partial charge in [-0.05, 0) is 37.4 Å². The van der Waals surface area contributed by atoms with Crippen molar-refractivity contribution in [2.24, 2.45) is 17.6 Å². The molecule has 203 valence electrons. The molecule has 1 saturated carbocycles. The number of nitrogens with zero attached hydrogens (tertiary/aromatic N) is 1. The summed E-state index contributed by atoms with van der Waals surface area (Å²) in [6.45, 7) is 0. The van der Waals surface area contributed by atoms with E-state index in [-0.39, 0.29) is 11.3 Å². The number of nitrogens with two attached hydrogens (primary N) is 1. The topological polar surface area (TPSA) is 191 Å². The van der Waals surface area contributed by atoms with E-state index < -0.39 is 69.7 Å². The van der Waals surface area contributed by atoms with Gasteiger partial charge in [0, 0.05) is 23.5 Å². The number of hydrogen-bond acceptors (Lipinski definition) is 10. The SMILES string of the molecule is COc1ccc(-c2ccc3c(c2O)C(O)=C2C(=O)[C@@]4(O)C(O)=C(C(N)=O)C(=O)[C@H](N(C)C)[C@H]4[C@H](O)[C@H]2[CH]3)cc1. The van der Waals surface area contributed by atoms with Crippen molar-refractivity contribution in [3.63, 3.8) is 0 Å². The molecule has 11 nitrogen and oxygen atoms in total. The smallest absolute Gasteiger partial charge is 0.255 e. The van der Waals surface area contributed by atoms with Crippen LogP contribution in [0, 0.1) is 18.3 Å². The summed E-state index contributed by atoms with van der Waals surface area (Å²) in [5.74, 6) is -8.14. The third kappa shape index (κ3) is 3.50. The predicted octanol–water partition coefficient (Wildman–Crippen LogP) is 0.620. The van der Waals surface area contributed by atoms with E-state index in [1.54, 1.807) is 36.4 Å². The first-order valence-electron chi connectivity index (χ1n) is 12.0. The van der Waals surface area contributed by atoms with Gasteiger partial charge in [0.1, 0.15) is 28.6 Å². The Morgan fingerprint density at radius 1 is 1.05 bits per heavy atom. The number of primary amides is 1. The summed E-state index contributed by atoms with van der Waals surface area (Å²) in [6, 6.07) is 8.55.